The molecule has 0 saturated carbocycles. The van der Waals surface area contributed by atoms with Gasteiger partial charge in [-0.3, -0.25) is 14.4 Å². The maximum atomic E-state index is 15.1. The van der Waals surface area contributed by atoms with Gasteiger partial charge in [0, 0.05) is 17.5 Å². The second-order valence-electron chi connectivity index (χ2n) is 11.1. The second-order valence-corrected chi connectivity index (χ2v) is 11.1. The van der Waals surface area contributed by atoms with Gasteiger partial charge in [-0.1, -0.05) is 54.6 Å². The van der Waals surface area contributed by atoms with Gasteiger partial charge in [-0.2, -0.15) is 0 Å². The first-order valence-electron chi connectivity index (χ1n) is 14.3. The monoisotopic (exact) mass is 586 g/mol. The highest BCUT2D eigenvalue weighted by molar-refractivity contribution is 6.17. The zero-order valence-electron chi connectivity index (χ0n) is 24.4. The average molecular weight is 587 g/mol. The Morgan fingerprint density at radius 3 is 2.27 bits per heavy atom. The Morgan fingerprint density at radius 1 is 0.773 bits per heavy atom. The maximum absolute atomic E-state index is 15.1. The van der Waals surface area contributed by atoms with Crippen molar-refractivity contribution >= 4 is 29.2 Å². The van der Waals surface area contributed by atoms with E-state index < -0.39 is 23.4 Å². The number of carbonyl (C=O) groups excluding carboxylic acids is 3. The molecule has 4 aromatic rings. The number of anilines is 1. The lowest BCUT2D eigenvalue weighted by Gasteiger charge is -2.38. The highest BCUT2D eigenvalue weighted by atomic mass is 16.5. The zero-order valence-corrected chi connectivity index (χ0v) is 24.4. The van der Waals surface area contributed by atoms with Gasteiger partial charge in [0.25, 0.3) is 0 Å². The van der Waals surface area contributed by atoms with Gasteiger partial charge in [-0.05, 0) is 59.2 Å². The van der Waals surface area contributed by atoms with Gasteiger partial charge in [0.2, 0.25) is 5.91 Å². The van der Waals surface area contributed by atoms with E-state index in [2.05, 4.69) is 5.32 Å². The van der Waals surface area contributed by atoms with Gasteiger partial charge in [0.05, 0.1) is 38.9 Å². The maximum Gasteiger partial charge on any atom is 0.238 e. The summed E-state index contributed by atoms with van der Waals surface area (Å²) in [4.78, 5) is 46.4. The third-order valence-electron chi connectivity index (χ3n) is 9.16. The third kappa shape index (κ3) is 3.73. The third-order valence-corrected chi connectivity index (χ3v) is 9.16. The highest BCUT2D eigenvalue weighted by Crippen LogP contribution is 2.62. The van der Waals surface area contributed by atoms with Gasteiger partial charge >= 0.3 is 0 Å². The lowest BCUT2D eigenvalue weighted by Crippen LogP contribution is -2.49. The summed E-state index contributed by atoms with van der Waals surface area (Å²) in [6.07, 6.45) is 3.78. The van der Waals surface area contributed by atoms with E-state index in [9.17, 15) is 9.59 Å². The number of amides is 1. The molecule has 44 heavy (non-hydrogen) atoms. The van der Waals surface area contributed by atoms with Gasteiger partial charge in [-0.15, -0.1) is 0 Å². The lowest BCUT2D eigenvalue weighted by atomic mass is 9.62. The van der Waals surface area contributed by atoms with Crippen molar-refractivity contribution in [1.29, 1.82) is 0 Å². The number of ketones is 2. The van der Waals surface area contributed by atoms with Crippen molar-refractivity contribution in [2.45, 2.75) is 17.5 Å². The molecular weight excluding hydrogens is 556 g/mol. The number of fused-ring (bicyclic) bond motifs is 6. The fourth-order valence-corrected chi connectivity index (χ4v) is 7.34. The van der Waals surface area contributed by atoms with Crippen LogP contribution in [0.4, 0.5) is 5.69 Å². The molecule has 8 nitrogen and oxygen atoms in total. The summed E-state index contributed by atoms with van der Waals surface area (Å²) in [5.41, 5.74) is 2.29. The van der Waals surface area contributed by atoms with Crippen molar-refractivity contribution in [3.63, 3.8) is 0 Å². The fourth-order valence-electron chi connectivity index (χ4n) is 7.34. The number of nitrogens with one attached hydrogen (secondary N) is 1. The van der Waals surface area contributed by atoms with Crippen LogP contribution in [0.15, 0.2) is 97.2 Å². The quantitative estimate of drug-likeness (QED) is 0.278. The normalized spacial score (nSPS) is 22.6. The number of para-hydroxylation sites is 2. The number of benzene rings is 4. The van der Waals surface area contributed by atoms with Crippen LogP contribution in [0.3, 0.4) is 0 Å². The van der Waals surface area contributed by atoms with Crippen molar-refractivity contribution in [1.82, 2.24) is 4.90 Å². The van der Waals surface area contributed by atoms with Crippen LogP contribution in [0.1, 0.15) is 43.4 Å². The summed E-state index contributed by atoms with van der Waals surface area (Å²) < 4.78 is 16.6. The van der Waals surface area contributed by atoms with Crippen molar-refractivity contribution in [2.24, 2.45) is 5.92 Å². The van der Waals surface area contributed by atoms with Crippen LogP contribution in [0.25, 0.3) is 6.08 Å². The van der Waals surface area contributed by atoms with Crippen molar-refractivity contribution in [3.05, 3.63) is 125 Å². The van der Waals surface area contributed by atoms with Crippen molar-refractivity contribution < 1.29 is 28.6 Å². The number of hydrogen-bond donors (Lipinski definition) is 1. The molecule has 1 saturated heterocycles. The van der Waals surface area contributed by atoms with E-state index in [1.807, 2.05) is 65.7 Å². The Balaban J connectivity index is 1.53. The van der Waals surface area contributed by atoms with Crippen molar-refractivity contribution in [2.75, 3.05) is 26.6 Å². The minimum absolute atomic E-state index is 0.304. The molecule has 7 rings (SSSR count). The largest absolute Gasteiger partial charge is 0.496 e. The number of carbonyl (C=O) groups is 3. The van der Waals surface area contributed by atoms with Crippen LogP contribution in [-0.2, 0) is 10.2 Å². The van der Waals surface area contributed by atoms with Gasteiger partial charge in [0.15, 0.2) is 23.1 Å². The van der Waals surface area contributed by atoms with E-state index in [0.29, 0.717) is 39.6 Å². The van der Waals surface area contributed by atoms with Crippen LogP contribution < -0.4 is 19.5 Å². The molecule has 0 aromatic heterocycles. The average Bonchev–Trinajstić information content (AvgIpc) is 3.55. The number of ether oxygens (including phenoxy) is 3. The number of Topliss-reactive ketones (excluding diaryl/α,β-unsaturated/α-hetero) is 2. The van der Waals surface area contributed by atoms with Crippen LogP contribution in [0.5, 0.6) is 17.2 Å². The summed E-state index contributed by atoms with van der Waals surface area (Å²) in [5, 5.41) is 3.07. The van der Waals surface area contributed by atoms with E-state index in [4.69, 9.17) is 14.2 Å². The van der Waals surface area contributed by atoms with E-state index in [1.165, 1.54) is 21.3 Å². The molecule has 1 fully saturated rings. The van der Waals surface area contributed by atoms with Crippen LogP contribution >= 0.6 is 0 Å². The molecule has 8 heteroatoms. The second kappa shape index (κ2) is 10.4. The molecular formula is C36H30N2O6. The Morgan fingerprint density at radius 2 is 1.48 bits per heavy atom. The summed E-state index contributed by atoms with van der Waals surface area (Å²) in [7, 11) is 4.53. The first kappa shape index (κ1) is 27.5. The Bertz CT molecular complexity index is 1870. The minimum atomic E-state index is -1.44. The smallest absolute Gasteiger partial charge is 0.238 e. The van der Waals surface area contributed by atoms with E-state index in [-0.39, 0.29) is 17.5 Å². The SMILES string of the molecule is COc1ccc(C(=O)[C@@H]2[C@H](C(=O)c3ccccc3OC)[C@@]3(C(=O)Nc4ccccc43)[C@H]3c4ccccc4C=CN23)cc1OC. The van der Waals surface area contributed by atoms with E-state index in [0.717, 1.165) is 11.1 Å². The molecule has 0 unspecified atom stereocenters. The number of methoxy groups -OCH3 is 3. The highest BCUT2D eigenvalue weighted by Gasteiger charge is 2.70. The minimum Gasteiger partial charge on any atom is -0.496 e. The predicted octanol–water partition coefficient (Wildman–Crippen LogP) is 5.69. The molecule has 0 aliphatic carbocycles. The van der Waals surface area contributed by atoms with Gasteiger partial charge < -0.3 is 24.4 Å². The zero-order chi connectivity index (χ0) is 30.6. The molecule has 0 bridgehead atoms. The molecule has 220 valence electrons. The number of hydrogen-bond acceptors (Lipinski definition) is 7. The van der Waals surface area contributed by atoms with Crippen LogP contribution in [0.2, 0.25) is 0 Å². The lowest BCUT2D eigenvalue weighted by molar-refractivity contribution is -0.122. The van der Waals surface area contributed by atoms with E-state index >= 15 is 4.79 Å². The first-order valence-corrected chi connectivity index (χ1v) is 14.3. The summed E-state index contributed by atoms with van der Waals surface area (Å²) in [5.74, 6) is -0.882. The van der Waals surface area contributed by atoms with Crippen LogP contribution in [0, 0.1) is 5.92 Å². The molecule has 1 N–H and O–H groups in total. The van der Waals surface area contributed by atoms with E-state index in [1.54, 1.807) is 42.5 Å². The molecule has 0 radical (unpaired) electrons. The summed E-state index contributed by atoms with van der Waals surface area (Å²) in [6, 6.07) is 25.5. The van der Waals surface area contributed by atoms with Crippen LogP contribution in [-0.4, -0.2) is 49.7 Å². The Labute approximate surface area is 254 Å². The molecule has 1 amide bonds. The van der Waals surface area contributed by atoms with Gasteiger partial charge in [-0.25, -0.2) is 0 Å². The van der Waals surface area contributed by atoms with Crippen molar-refractivity contribution in [3.8, 4) is 17.2 Å². The predicted molar refractivity (Wildman–Crippen MR) is 165 cm³/mol. The molecule has 1 spiro atoms. The molecule has 4 aromatic carbocycles. The number of nitrogens with zero attached hydrogens (tertiary/aromatic N) is 1. The fraction of sp³-hybridized carbons (Fsp3) is 0.194. The molecule has 3 aliphatic rings. The topological polar surface area (TPSA) is 94.2 Å². The molecule has 4 atom stereocenters. The molecule has 3 aliphatic heterocycles. The standard InChI is InChI=1S/C36H30N2O6/c1-42-27-15-9-6-12-24(27)33(40)30-31(32(39)22-16-17-28(43-2)29(20-22)44-3)38-19-18-21-10-4-5-11-23(21)34(38)36(30)25-13-7-8-14-26(25)37-35(36)41/h4-20,30-31,34H,1-3H3,(H,37,41)/t30-,31+,34-,36-/m1/s1. The number of rotatable bonds is 7. The van der Waals surface area contributed by atoms with Gasteiger partial charge in [0.1, 0.15) is 17.2 Å². The molecule has 3 heterocycles. The summed E-state index contributed by atoms with van der Waals surface area (Å²) in [6.45, 7) is 0. The first-order chi connectivity index (χ1) is 21.4. The Kier molecular flexibility index (Phi) is 6.50. The Hall–Kier alpha value is -5.37. The summed E-state index contributed by atoms with van der Waals surface area (Å²) >= 11 is 0.